The van der Waals surface area contributed by atoms with Gasteiger partial charge in [-0.3, -0.25) is 0 Å². The molecule has 20 heavy (non-hydrogen) atoms. The van der Waals surface area contributed by atoms with Crippen molar-refractivity contribution in [3.63, 3.8) is 0 Å². The minimum Gasteiger partial charge on any atom is -0.394 e. The van der Waals surface area contributed by atoms with Crippen LogP contribution in [0.3, 0.4) is 0 Å². The highest BCUT2D eigenvalue weighted by atomic mass is 32.2. The van der Waals surface area contributed by atoms with Gasteiger partial charge in [0.1, 0.15) is 10.7 Å². The molecular weight excluding hydrogens is 309 g/mol. The van der Waals surface area contributed by atoms with Crippen LogP contribution in [0.4, 0.5) is 4.39 Å². The maximum atomic E-state index is 13.7. The number of aliphatic hydroxyl groups is 1. The normalized spacial score (nSPS) is 13.4. The van der Waals surface area contributed by atoms with Crippen LogP contribution in [-0.2, 0) is 19.9 Å². The molecular formula is C11H16FNO5S2. The van der Waals surface area contributed by atoms with E-state index in [0.717, 1.165) is 24.5 Å². The van der Waals surface area contributed by atoms with Crippen LogP contribution in [0, 0.1) is 5.82 Å². The quantitative estimate of drug-likeness (QED) is 0.757. The molecule has 0 aliphatic heterocycles. The number of rotatable bonds is 5. The number of benzene rings is 1. The Kier molecular flexibility index (Phi) is 4.59. The van der Waals surface area contributed by atoms with Gasteiger partial charge in [-0.15, -0.1) is 0 Å². The van der Waals surface area contributed by atoms with Crippen LogP contribution >= 0.6 is 0 Å². The molecule has 6 nitrogen and oxygen atoms in total. The Labute approximate surface area is 117 Å². The van der Waals surface area contributed by atoms with Gasteiger partial charge in [0, 0.05) is 6.26 Å². The lowest BCUT2D eigenvalue weighted by Crippen LogP contribution is -2.46. The summed E-state index contributed by atoms with van der Waals surface area (Å²) in [6.07, 6.45) is 0.891. The molecule has 0 unspecified atom stereocenters. The minimum absolute atomic E-state index is 0.305. The molecule has 1 aromatic carbocycles. The van der Waals surface area contributed by atoms with Crippen molar-refractivity contribution in [2.75, 3.05) is 12.9 Å². The second-order valence-electron chi connectivity index (χ2n) is 5.01. The molecule has 9 heteroatoms. The van der Waals surface area contributed by atoms with E-state index in [0.29, 0.717) is 0 Å². The molecule has 1 rings (SSSR count). The van der Waals surface area contributed by atoms with E-state index in [4.69, 9.17) is 5.11 Å². The molecule has 0 radical (unpaired) electrons. The van der Waals surface area contributed by atoms with E-state index in [1.165, 1.54) is 13.8 Å². The van der Waals surface area contributed by atoms with Crippen molar-refractivity contribution >= 4 is 19.9 Å². The third-order valence-electron chi connectivity index (χ3n) is 2.43. The van der Waals surface area contributed by atoms with Crippen molar-refractivity contribution in [3.05, 3.63) is 24.0 Å². The topological polar surface area (TPSA) is 101 Å². The van der Waals surface area contributed by atoms with Gasteiger partial charge in [-0.25, -0.2) is 25.9 Å². The number of nitrogens with one attached hydrogen (secondary N) is 1. The fourth-order valence-electron chi connectivity index (χ4n) is 1.37. The number of sulfonamides is 1. The molecule has 1 aromatic rings. The van der Waals surface area contributed by atoms with Gasteiger partial charge >= 0.3 is 0 Å². The number of halogens is 1. The molecule has 114 valence electrons. The van der Waals surface area contributed by atoms with Gasteiger partial charge in [-0.2, -0.15) is 0 Å². The largest absolute Gasteiger partial charge is 0.394 e. The van der Waals surface area contributed by atoms with Gasteiger partial charge in [0.05, 0.1) is 17.0 Å². The first kappa shape index (κ1) is 17.0. The number of hydrogen-bond donors (Lipinski definition) is 2. The Balaban J connectivity index is 3.39. The summed E-state index contributed by atoms with van der Waals surface area (Å²) in [7, 11) is -7.95. The maximum absolute atomic E-state index is 13.7. The van der Waals surface area contributed by atoms with E-state index < -0.39 is 42.7 Å². The average Bonchev–Trinajstić information content (AvgIpc) is 2.26. The SMILES string of the molecule is CC(C)(CO)NS(=O)(=O)c1cc(S(C)(=O)=O)ccc1F. The summed E-state index contributed by atoms with van der Waals surface area (Å²) in [5.41, 5.74) is -1.20. The highest BCUT2D eigenvalue weighted by molar-refractivity contribution is 7.91. The monoisotopic (exact) mass is 325 g/mol. The molecule has 0 atom stereocenters. The zero-order chi connectivity index (χ0) is 15.8. The molecule has 0 bridgehead atoms. The number of aliphatic hydroxyl groups excluding tert-OH is 1. The van der Waals surface area contributed by atoms with Crippen molar-refractivity contribution in [1.29, 1.82) is 0 Å². The van der Waals surface area contributed by atoms with Crippen LogP contribution in [0.1, 0.15) is 13.8 Å². The van der Waals surface area contributed by atoms with Crippen molar-refractivity contribution in [2.45, 2.75) is 29.2 Å². The van der Waals surface area contributed by atoms with Gasteiger partial charge in [-0.1, -0.05) is 0 Å². The number of sulfone groups is 1. The van der Waals surface area contributed by atoms with E-state index >= 15 is 0 Å². The average molecular weight is 325 g/mol. The highest BCUT2D eigenvalue weighted by Gasteiger charge is 2.28. The van der Waals surface area contributed by atoms with Crippen LogP contribution in [0.15, 0.2) is 28.0 Å². The molecule has 0 saturated heterocycles. The maximum Gasteiger partial charge on any atom is 0.244 e. The van der Waals surface area contributed by atoms with Crippen molar-refractivity contribution < 1.29 is 26.3 Å². The van der Waals surface area contributed by atoms with Crippen molar-refractivity contribution in [2.24, 2.45) is 0 Å². The second kappa shape index (κ2) is 5.40. The summed E-state index contributed by atoms with van der Waals surface area (Å²) in [6.45, 7) is 2.31. The Bertz CT molecular complexity index is 710. The lowest BCUT2D eigenvalue weighted by atomic mass is 10.1. The Morgan fingerprint density at radius 1 is 1.25 bits per heavy atom. The summed E-state index contributed by atoms with van der Waals surface area (Å²) < 4.78 is 62.6. The standard InChI is InChI=1S/C11H16FNO5S2/c1-11(2,7-14)13-20(17,18)10-6-8(19(3,15)16)4-5-9(10)12/h4-6,13-14H,7H2,1-3H3. The molecule has 0 aromatic heterocycles. The zero-order valence-corrected chi connectivity index (χ0v) is 12.8. The highest BCUT2D eigenvalue weighted by Crippen LogP contribution is 2.21. The summed E-state index contributed by atoms with van der Waals surface area (Å²) in [6, 6.07) is 2.51. The number of hydrogen-bond acceptors (Lipinski definition) is 5. The van der Waals surface area contributed by atoms with Crippen LogP contribution < -0.4 is 4.72 Å². The zero-order valence-electron chi connectivity index (χ0n) is 11.2. The first-order chi connectivity index (χ1) is 8.89. The van der Waals surface area contributed by atoms with Gasteiger partial charge < -0.3 is 5.11 Å². The predicted octanol–water partition coefficient (Wildman–Crippen LogP) is 0.278. The lowest BCUT2D eigenvalue weighted by Gasteiger charge is -2.23. The van der Waals surface area contributed by atoms with Crippen LogP contribution in [-0.4, -0.2) is 40.3 Å². The Hall–Kier alpha value is -1.03. The summed E-state index contributed by atoms with van der Waals surface area (Å²) in [5, 5.41) is 9.04. The van der Waals surface area contributed by atoms with E-state index in [1.54, 1.807) is 0 Å². The van der Waals surface area contributed by atoms with E-state index in [-0.39, 0.29) is 4.90 Å². The molecule has 0 amide bonds. The second-order valence-corrected chi connectivity index (χ2v) is 8.68. The molecule has 0 aliphatic carbocycles. The van der Waals surface area contributed by atoms with Crippen LogP contribution in [0.25, 0.3) is 0 Å². The van der Waals surface area contributed by atoms with E-state index in [2.05, 4.69) is 4.72 Å². The molecule has 0 aliphatic rings. The Morgan fingerprint density at radius 2 is 1.80 bits per heavy atom. The fourth-order valence-corrected chi connectivity index (χ4v) is 3.60. The Morgan fingerprint density at radius 3 is 2.25 bits per heavy atom. The molecule has 0 saturated carbocycles. The summed E-state index contributed by atoms with van der Waals surface area (Å²) in [4.78, 5) is -1.08. The molecule has 0 heterocycles. The van der Waals surface area contributed by atoms with Crippen molar-refractivity contribution in [1.82, 2.24) is 4.72 Å². The minimum atomic E-state index is -4.29. The first-order valence-corrected chi connectivity index (χ1v) is 8.91. The third kappa shape index (κ3) is 3.98. The van der Waals surface area contributed by atoms with Gasteiger partial charge in [0.2, 0.25) is 10.0 Å². The molecule has 0 fully saturated rings. The third-order valence-corrected chi connectivity index (χ3v) is 5.25. The van der Waals surface area contributed by atoms with Gasteiger partial charge in [-0.05, 0) is 32.0 Å². The fraction of sp³-hybridized carbons (Fsp3) is 0.455. The summed E-state index contributed by atoms with van der Waals surface area (Å²) in [5.74, 6) is -1.07. The van der Waals surface area contributed by atoms with E-state index in [9.17, 15) is 21.2 Å². The van der Waals surface area contributed by atoms with Crippen molar-refractivity contribution in [3.8, 4) is 0 Å². The van der Waals surface area contributed by atoms with Crippen LogP contribution in [0.2, 0.25) is 0 Å². The smallest absolute Gasteiger partial charge is 0.244 e. The first-order valence-electron chi connectivity index (χ1n) is 5.53. The predicted molar refractivity (Wildman–Crippen MR) is 71.0 cm³/mol. The van der Waals surface area contributed by atoms with E-state index in [1.807, 2.05) is 0 Å². The van der Waals surface area contributed by atoms with Crippen LogP contribution in [0.5, 0.6) is 0 Å². The van der Waals surface area contributed by atoms with Gasteiger partial charge in [0.25, 0.3) is 0 Å². The summed E-state index contributed by atoms with van der Waals surface area (Å²) >= 11 is 0. The molecule has 2 N–H and O–H groups in total. The molecule has 0 spiro atoms. The van der Waals surface area contributed by atoms with Gasteiger partial charge in [0.15, 0.2) is 9.84 Å². The lowest BCUT2D eigenvalue weighted by molar-refractivity contribution is 0.208.